The van der Waals surface area contributed by atoms with Gasteiger partial charge in [0.25, 0.3) is 5.91 Å². The summed E-state index contributed by atoms with van der Waals surface area (Å²) in [5.41, 5.74) is 2.66. The Morgan fingerprint density at radius 1 is 1.30 bits per heavy atom. The van der Waals surface area contributed by atoms with Gasteiger partial charge in [-0.05, 0) is 43.7 Å². The lowest BCUT2D eigenvalue weighted by Gasteiger charge is -2.39. The highest BCUT2D eigenvalue weighted by Crippen LogP contribution is 2.36. The molecule has 1 unspecified atom stereocenters. The van der Waals surface area contributed by atoms with Crippen molar-refractivity contribution in [2.24, 2.45) is 10.7 Å². The van der Waals surface area contributed by atoms with Crippen molar-refractivity contribution in [3.63, 3.8) is 0 Å². The van der Waals surface area contributed by atoms with Crippen molar-refractivity contribution in [2.75, 3.05) is 25.3 Å². The number of anilines is 1. The van der Waals surface area contributed by atoms with E-state index >= 15 is 0 Å². The van der Waals surface area contributed by atoms with Gasteiger partial charge in [-0.25, -0.2) is 18.2 Å². The molecule has 12 heteroatoms. The van der Waals surface area contributed by atoms with E-state index in [2.05, 4.69) is 20.0 Å². The fourth-order valence-corrected chi connectivity index (χ4v) is 3.30. The quantitative estimate of drug-likeness (QED) is 0.600. The largest absolute Gasteiger partial charge is 0.433 e. The molecule has 0 fully saturated rings. The van der Waals surface area contributed by atoms with Gasteiger partial charge in [-0.15, -0.1) is 0 Å². The van der Waals surface area contributed by atoms with Crippen molar-refractivity contribution < 1.29 is 36.2 Å². The molecule has 2 heterocycles. The number of hydrogen-bond donors (Lipinski definition) is 2. The molecule has 3 N–H and O–H groups in total. The van der Waals surface area contributed by atoms with E-state index in [0.29, 0.717) is 0 Å². The molecule has 1 aromatic carbocycles. The van der Waals surface area contributed by atoms with E-state index in [0.717, 1.165) is 12.3 Å². The van der Waals surface area contributed by atoms with Gasteiger partial charge in [0.2, 0.25) is 0 Å². The summed E-state index contributed by atoms with van der Waals surface area (Å²) in [6, 6.07) is 4.88. The number of alkyl halides is 4. The number of nitrogens with two attached hydrogens (primary N) is 1. The van der Waals surface area contributed by atoms with Crippen LogP contribution >= 0.6 is 0 Å². The highest BCUT2D eigenvalue weighted by atomic mass is 19.3. The summed E-state index contributed by atoms with van der Waals surface area (Å²) < 4.78 is 75.5. The fraction of sp³-hybridized carbons (Fsp3) is 0.381. The summed E-state index contributed by atoms with van der Waals surface area (Å²) in [7, 11) is 0. The van der Waals surface area contributed by atoms with Crippen LogP contribution in [0.5, 0.6) is 5.75 Å². The number of aliphatic imine (C=N–C) groups is 1. The molecular weight excluding hydrogens is 451 g/mol. The van der Waals surface area contributed by atoms with E-state index in [9.17, 15) is 26.7 Å². The normalized spacial score (nSPS) is 19.8. The van der Waals surface area contributed by atoms with Crippen LogP contribution < -0.4 is 15.8 Å². The minimum Gasteiger partial charge on any atom is -0.433 e. The third-order valence-corrected chi connectivity index (χ3v) is 5.19. The van der Waals surface area contributed by atoms with Crippen molar-refractivity contribution in [1.82, 2.24) is 4.98 Å². The number of ether oxygens (including phenoxy) is 2. The Labute approximate surface area is 185 Å². The molecular formula is C21H21F5N4O3. The van der Waals surface area contributed by atoms with Gasteiger partial charge in [0.1, 0.15) is 42.0 Å². The molecule has 1 aromatic heterocycles. The number of hydrogen-bond acceptors (Lipinski definition) is 6. The molecule has 1 aliphatic heterocycles. The smallest absolute Gasteiger partial charge is 0.387 e. The predicted octanol–water partition coefficient (Wildman–Crippen LogP) is 3.66. The SMILES string of the molecule is Cc1cc(OC(F)F)cnc1C(=O)Nc1ccc(F)c(C2(C)COC(CF)(CF)C(N)=N2)c1. The molecule has 3 rings (SSSR count). The van der Waals surface area contributed by atoms with Crippen molar-refractivity contribution >= 4 is 17.4 Å². The molecule has 2 aromatic rings. The van der Waals surface area contributed by atoms with E-state index in [4.69, 9.17) is 10.5 Å². The summed E-state index contributed by atoms with van der Waals surface area (Å²) in [6.45, 7) is -2.91. The Morgan fingerprint density at radius 3 is 2.58 bits per heavy atom. The van der Waals surface area contributed by atoms with Crippen LogP contribution in [-0.4, -0.2) is 48.9 Å². The third-order valence-electron chi connectivity index (χ3n) is 5.19. The molecule has 0 radical (unpaired) electrons. The van der Waals surface area contributed by atoms with Crippen molar-refractivity contribution in [2.45, 2.75) is 31.6 Å². The van der Waals surface area contributed by atoms with Gasteiger partial charge in [0.05, 0.1) is 12.8 Å². The van der Waals surface area contributed by atoms with Crippen LogP contribution in [0.25, 0.3) is 0 Å². The monoisotopic (exact) mass is 472 g/mol. The zero-order chi connectivity index (χ0) is 24.4. The molecule has 1 atom stereocenters. The second-order valence-corrected chi connectivity index (χ2v) is 7.68. The van der Waals surface area contributed by atoms with Crippen molar-refractivity contribution in [3.05, 3.63) is 53.1 Å². The Hall–Kier alpha value is -3.28. The molecule has 0 aliphatic carbocycles. The van der Waals surface area contributed by atoms with Gasteiger partial charge < -0.3 is 20.5 Å². The number of aromatic nitrogens is 1. The molecule has 0 saturated carbocycles. The molecule has 0 bridgehead atoms. The molecule has 1 aliphatic rings. The van der Waals surface area contributed by atoms with E-state index in [1.165, 1.54) is 32.0 Å². The number of nitrogens with one attached hydrogen (secondary N) is 1. The maximum atomic E-state index is 14.6. The van der Waals surface area contributed by atoms with Crippen LogP contribution in [0.15, 0.2) is 35.5 Å². The Bertz CT molecular complexity index is 1080. The first-order valence-corrected chi connectivity index (χ1v) is 9.68. The number of amides is 1. The van der Waals surface area contributed by atoms with Crippen LogP contribution in [0.4, 0.5) is 27.6 Å². The molecule has 0 saturated heterocycles. The van der Waals surface area contributed by atoms with Gasteiger partial charge in [-0.3, -0.25) is 9.79 Å². The van der Waals surface area contributed by atoms with Crippen LogP contribution in [-0.2, 0) is 10.3 Å². The van der Waals surface area contributed by atoms with E-state index in [-0.39, 0.29) is 34.9 Å². The van der Waals surface area contributed by atoms with E-state index in [1.54, 1.807) is 0 Å². The minimum absolute atomic E-state index is 0.0278. The number of benzene rings is 1. The average molecular weight is 472 g/mol. The van der Waals surface area contributed by atoms with Gasteiger partial charge in [-0.2, -0.15) is 8.78 Å². The third kappa shape index (κ3) is 4.90. The number of rotatable bonds is 7. The minimum atomic E-state index is -3.04. The number of aryl methyl sites for hydroxylation is 1. The number of halogens is 5. The molecule has 7 nitrogen and oxygen atoms in total. The number of amidine groups is 1. The zero-order valence-corrected chi connectivity index (χ0v) is 17.7. The molecule has 1 amide bonds. The summed E-state index contributed by atoms with van der Waals surface area (Å²) in [4.78, 5) is 20.6. The number of carbonyl (C=O) groups is 1. The average Bonchev–Trinajstić information content (AvgIpc) is 2.75. The molecule has 0 spiro atoms. The molecule has 33 heavy (non-hydrogen) atoms. The van der Waals surface area contributed by atoms with E-state index < -0.39 is 48.7 Å². The Kier molecular flexibility index (Phi) is 6.86. The number of pyridine rings is 1. The van der Waals surface area contributed by atoms with Gasteiger partial charge >= 0.3 is 6.61 Å². The standard InChI is InChI=1S/C21H21F5N4O3/c1-11-5-13(33-19(25)26)7-28-16(11)17(31)29-12-3-4-15(24)14(6-12)20(2)10-32-21(8-22,9-23)18(27)30-20/h3-7,19H,8-10H2,1-2H3,(H2,27,30)(H,29,31). The van der Waals surface area contributed by atoms with Crippen molar-refractivity contribution in [3.8, 4) is 5.75 Å². The topological polar surface area (TPSA) is 98.8 Å². The summed E-state index contributed by atoms with van der Waals surface area (Å²) >= 11 is 0. The van der Waals surface area contributed by atoms with Crippen molar-refractivity contribution in [1.29, 1.82) is 0 Å². The maximum absolute atomic E-state index is 14.6. The summed E-state index contributed by atoms with van der Waals surface area (Å²) in [6.07, 6.45) is 0.976. The highest BCUT2D eigenvalue weighted by molar-refractivity contribution is 6.04. The Balaban J connectivity index is 1.87. The van der Waals surface area contributed by atoms with Crippen LogP contribution in [0.2, 0.25) is 0 Å². The number of nitrogens with zero attached hydrogens (tertiary/aromatic N) is 2. The summed E-state index contributed by atoms with van der Waals surface area (Å²) in [5.74, 6) is -2.04. The predicted molar refractivity (Wildman–Crippen MR) is 110 cm³/mol. The first-order valence-electron chi connectivity index (χ1n) is 9.68. The summed E-state index contributed by atoms with van der Waals surface area (Å²) in [5, 5.41) is 2.54. The second-order valence-electron chi connectivity index (χ2n) is 7.68. The number of carbonyl (C=O) groups excluding carboxylic acids is 1. The van der Waals surface area contributed by atoms with Gasteiger partial charge in [-0.1, -0.05) is 0 Å². The molecule has 178 valence electrons. The van der Waals surface area contributed by atoms with E-state index in [1.807, 2.05) is 0 Å². The zero-order valence-electron chi connectivity index (χ0n) is 17.7. The lowest BCUT2D eigenvalue weighted by molar-refractivity contribution is -0.0575. The lowest BCUT2D eigenvalue weighted by atomic mass is 9.89. The van der Waals surface area contributed by atoms with Gasteiger partial charge in [0, 0.05) is 11.3 Å². The highest BCUT2D eigenvalue weighted by Gasteiger charge is 2.45. The maximum Gasteiger partial charge on any atom is 0.387 e. The van der Waals surface area contributed by atoms with Crippen LogP contribution in [0, 0.1) is 12.7 Å². The van der Waals surface area contributed by atoms with Gasteiger partial charge in [0.15, 0.2) is 5.60 Å². The Morgan fingerprint density at radius 2 is 2.00 bits per heavy atom. The first kappa shape index (κ1) is 24.4. The lowest BCUT2D eigenvalue weighted by Crippen LogP contribution is -2.56. The first-order chi connectivity index (χ1) is 15.5. The fourth-order valence-electron chi connectivity index (χ4n) is 3.30. The second kappa shape index (κ2) is 9.30. The van der Waals surface area contributed by atoms with Crippen LogP contribution in [0.1, 0.15) is 28.5 Å². The van der Waals surface area contributed by atoms with Crippen LogP contribution in [0.3, 0.4) is 0 Å².